The van der Waals surface area contributed by atoms with Crippen molar-refractivity contribution >= 4 is 67.8 Å². The number of nitrogens with zero attached hydrogens (tertiary/aromatic N) is 1. The third kappa shape index (κ3) is 2.87. The lowest BCUT2D eigenvalue weighted by molar-refractivity contribution is 0.873. The smallest absolute Gasteiger partial charge is 0.0855 e. The molecular weight excluding hydrogens is 371 g/mol. The van der Waals surface area contributed by atoms with Crippen LogP contribution in [0.5, 0.6) is 0 Å². The van der Waals surface area contributed by atoms with Crippen LogP contribution < -0.4 is 10.4 Å². The van der Waals surface area contributed by atoms with E-state index in [-0.39, 0.29) is 11.3 Å². The normalized spacial score (nSPS) is 24.1. The minimum Gasteiger partial charge on any atom is -0.309 e. The number of rotatable bonds is 2. The fourth-order valence-corrected chi connectivity index (χ4v) is 3.94. The number of hydrogen-bond donors (Lipinski definition) is 1. The monoisotopic (exact) mass is 382 g/mol. The highest BCUT2D eigenvalue weighted by Crippen LogP contribution is 2.36. The van der Waals surface area contributed by atoms with Crippen molar-refractivity contribution in [1.29, 1.82) is 5.41 Å². The average Bonchev–Trinajstić information content (AvgIpc) is 2.46. The number of fused-ring (bicyclic) bond motifs is 3. The number of benzene rings is 1. The molecule has 0 saturated heterocycles. The van der Waals surface area contributed by atoms with Crippen molar-refractivity contribution in [2.45, 2.75) is 18.2 Å². The van der Waals surface area contributed by atoms with Crippen LogP contribution in [0.4, 0.5) is 5.69 Å². The molecule has 1 aromatic rings. The van der Waals surface area contributed by atoms with Gasteiger partial charge in [-0.25, -0.2) is 4.99 Å². The summed E-state index contributed by atoms with van der Waals surface area (Å²) >= 11 is 16.2. The number of aliphatic imine (C=N–C) groups is 1. The fourth-order valence-electron chi connectivity index (χ4n) is 2.71. The van der Waals surface area contributed by atoms with Crippen molar-refractivity contribution < 1.29 is 0 Å². The molecular formula is C16H13BrCl2N2. The molecule has 21 heavy (non-hydrogen) atoms. The summed E-state index contributed by atoms with van der Waals surface area (Å²) in [4.78, 5) is 4.64. The summed E-state index contributed by atoms with van der Waals surface area (Å²) in [6, 6.07) is 4.16. The Morgan fingerprint density at radius 1 is 1.43 bits per heavy atom. The Morgan fingerprint density at radius 3 is 3.00 bits per heavy atom. The molecule has 1 aromatic carbocycles. The molecule has 2 aliphatic rings. The van der Waals surface area contributed by atoms with Gasteiger partial charge in [0.05, 0.1) is 15.7 Å². The molecule has 1 aliphatic heterocycles. The van der Waals surface area contributed by atoms with Gasteiger partial charge in [0.25, 0.3) is 0 Å². The number of allylic oxidation sites excluding steroid dienone is 2. The Kier molecular flexibility index (Phi) is 4.34. The Morgan fingerprint density at radius 2 is 2.24 bits per heavy atom. The summed E-state index contributed by atoms with van der Waals surface area (Å²) in [6.45, 7) is 0. The maximum absolute atomic E-state index is 7.15. The lowest BCUT2D eigenvalue weighted by atomic mass is 9.93. The van der Waals surface area contributed by atoms with Gasteiger partial charge in [-0.2, -0.15) is 0 Å². The van der Waals surface area contributed by atoms with E-state index in [1.54, 1.807) is 6.08 Å². The Balaban J connectivity index is 2.22. The van der Waals surface area contributed by atoms with E-state index >= 15 is 0 Å². The molecule has 0 saturated carbocycles. The van der Waals surface area contributed by atoms with Crippen molar-refractivity contribution in [2.24, 2.45) is 10.9 Å². The Labute approximate surface area is 141 Å². The molecule has 1 aliphatic carbocycles. The second kappa shape index (κ2) is 6.07. The van der Waals surface area contributed by atoms with E-state index in [1.807, 2.05) is 0 Å². The number of halogens is 3. The molecule has 2 atom stereocenters. The molecule has 0 fully saturated rings. The van der Waals surface area contributed by atoms with Crippen molar-refractivity contribution in [1.82, 2.24) is 0 Å². The van der Waals surface area contributed by atoms with Crippen LogP contribution >= 0.6 is 39.1 Å². The fraction of sp³-hybridized carbons (Fsp3) is 0.250. The summed E-state index contributed by atoms with van der Waals surface area (Å²) in [5, 5.41) is 10.0. The zero-order valence-corrected chi connectivity index (χ0v) is 14.2. The van der Waals surface area contributed by atoms with Crippen molar-refractivity contribution in [2.75, 3.05) is 0 Å². The first-order chi connectivity index (χ1) is 10.1. The van der Waals surface area contributed by atoms with Crippen molar-refractivity contribution in [3.63, 3.8) is 0 Å². The summed E-state index contributed by atoms with van der Waals surface area (Å²) in [7, 11) is 0. The minimum absolute atomic E-state index is 0.0569. The van der Waals surface area contributed by atoms with E-state index < -0.39 is 0 Å². The Bertz CT molecular complexity index is 780. The van der Waals surface area contributed by atoms with E-state index in [1.165, 1.54) is 11.4 Å². The first-order valence-corrected chi connectivity index (χ1v) is 8.29. The van der Waals surface area contributed by atoms with Gasteiger partial charge in [-0.15, -0.1) is 11.6 Å². The van der Waals surface area contributed by atoms with Gasteiger partial charge >= 0.3 is 0 Å². The number of alkyl halides is 1. The molecule has 0 spiro atoms. The van der Waals surface area contributed by atoms with Gasteiger partial charge in [-0.05, 0) is 39.2 Å². The van der Waals surface area contributed by atoms with Crippen LogP contribution in [0.3, 0.4) is 0 Å². The second-order valence-corrected chi connectivity index (χ2v) is 6.98. The Hall–Kier alpha value is -0.900. The van der Waals surface area contributed by atoms with Gasteiger partial charge in [-0.1, -0.05) is 35.9 Å². The molecule has 3 rings (SSSR count). The van der Waals surface area contributed by atoms with Gasteiger partial charge < -0.3 is 5.41 Å². The van der Waals surface area contributed by atoms with E-state index in [4.69, 9.17) is 28.6 Å². The summed E-state index contributed by atoms with van der Waals surface area (Å²) in [5.74, 6) is 0.0944. The van der Waals surface area contributed by atoms with Crippen LogP contribution in [0.25, 0.3) is 12.2 Å². The lowest BCUT2D eigenvalue weighted by Crippen LogP contribution is -2.31. The quantitative estimate of drug-likeness (QED) is 0.588. The van der Waals surface area contributed by atoms with E-state index in [2.05, 4.69) is 45.2 Å². The predicted octanol–water partition coefficient (Wildman–Crippen LogP) is 4.15. The second-order valence-electron chi connectivity index (χ2n) is 5.10. The standard InChI is InChI=1S/C16H13BrCl2N2/c17-15-8-14(19)11-4-3-9-1-2-10(13(18)5-6-20)7-12(9)16(11)21-15/h1,3-7,10,14,20H,2,8H2/b13-5+,20-6?. The molecule has 0 bridgehead atoms. The molecule has 0 radical (unpaired) electrons. The highest BCUT2D eigenvalue weighted by Gasteiger charge is 2.22. The first-order valence-electron chi connectivity index (χ1n) is 6.68. The van der Waals surface area contributed by atoms with Crippen LogP contribution in [0.2, 0.25) is 0 Å². The molecule has 108 valence electrons. The SMILES string of the molecule is N=C/C=C(/Cl)C1C=c2c3c(ccc2=CC1)C(Cl)CC(Br)=N3. The third-order valence-electron chi connectivity index (χ3n) is 3.76. The largest absolute Gasteiger partial charge is 0.309 e. The molecule has 5 heteroatoms. The number of hydrogen-bond acceptors (Lipinski definition) is 2. The van der Waals surface area contributed by atoms with Gasteiger partial charge in [0.2, 0.25) is 0 Å². The zero-order valence-electron chi connectivity index (χ0n) is 11.1. The number of nitrogens with one attached hydrogen (secondary N) is 1. The van der Waals surface area contributed by atoms with E-state index in [9.17, 15) is 0 Å². The molecule has 0 aromatic heterocycles. The highest BCUT2D eigenvalue weighted by atomic mass is 79.9. The summed E-state index contributed by atoms with van der Waals surface area (Å²) in [6.07, 6.45) is 8.70. The predicted molar refractivity (Wildman–Crippen MR) is 94.7 cm³/mol. The van der Waals surface area contributed by atoms with Gasteiger partial charge in [0, 0.05) is 28.8 Å². The third-order valence-corrected chi connectivity index (χ3v) is 5.05. The van der Waals surface area contributed by atoms with E-state index in [0.29, 0.717) is 5.03 Å². The highest BCUT2D eigenvalue weighted by molar-refractivity contribution is 9.18. The van der Waals surface area contributed by atoms with Gasteiger partial charge in [0.1, 0.15) is 0 Å². The van der Waals surface area contributed by atoms with Crippen LogP contribution in [0.15, 0.2) is 28.2 Å². The van der Waals surface area contributed by atoms with Crippen LogP contribution in [0, 0.1) is 11.3 Å². The average molecular weight is 384 g/mol. The van der Waals surface area contributed by atoms with Crippen molar-refractivity contribution in [3.8, 4) is 0 Å². The van der Waals surface area contributed by atoms with Crippen LogP contribution in [-0.4, -0.2) is 10.8 Å². The molecule has 1 N–H and O–H groups in total. The topological polar surface area (TPSA) is 36.2 Å². The molecule has 2 nitrogen and oxygen atoms in total. The minimum atomic E-state index is -0.0569. The van der Waals surface area contributed by atoms with E-state index in [0.717, 1.165) is 33.9 Å². The summed E-state index contributed by atoms with van der Waals surface area (Å²) in [5.41, 5.74) is 2.00. The zero-order chi connectivity index (χ0) is 15.0. The van der Waals surface area contributed by atoms with Crippen molar-refractivity contribution in [3.05, 3.63) is 39.2 Å². The molecule has 0 amide bonds. The lowest BCUT2D eigenvalue weighted by Gasteiger charge is -2.20. The summed E-state index contributed by atoms with van der Waals surface area (Å²) < 4.78 is 0.875. The van der Waals surface area contributed by atoms with Gasteiger partial charge in [0.15, 0.2) is 0 Å². The van der Waals surface area contributed by atoms with Crippen LogP contribution in [-0.2, 0) is 0 Å². The first kappa shape index (κ1) is 15.0. The van der Waals surface area contributed by atoms with Gasteiger partial charge in [-0.3, -0.25) is 0 Å². The molecule has 1 heterocycles. The maximum atomic E-state index is 7.15. The van der Waals surface area contributed by atoms with Crippen LogP contribution in [0.1, 0.15) is 23.8 Å². The molecule has 2 unspecified atom stereocenters. The maximum Gasteiger partial charge on any atom is 0.0855 e.